The maximum atomic E-state index is 10.8. The van der Waals surface area contributed by atoms with Crippen LogP contribution in [0.5, 0.6) is 11.5 Å². The number of ether oxygens (including phenoxy) is 2. The van der Waals surface area contributed by atoms with Gasteiger partial charge < -0.3 is 14.6 Å². The van der Waals surface area contributed by atoms with Gasteiger partial charge in [0, 0.05) is 43.8 Å². The maximum absolute atomic E-state index is 10.8. The van der Waals surface area contributed by atoms with Crippen LogP contribution in [0.1, 0.15) is 19.4 Å². The van der Waals surface area contributed by atoms with Crippen LogP contribution < -0.4 is 9.47 Å². The van der Waals surface area contributed by atoms with E-state index < -0.39 is 5.97 Å². The van der Waals surface area contributed by atoms with Crippen LogP contribution in [0.25, 0.3) is 0 Å². The van der Waals surface area contributed by atoms with Crippen molar-refractivity contribution in [2.45, 2.75) is 26.5 Å². The molecule has 1 heterocycles. The first-order valence-electron chi connectivity index (χ1n) is 8.08. The van der Waals surface area contributed by atoms with Gasteiger partial charge in [-0.05, 0) is 25.5 Å². The van der Waals surface area contributed by atoms with Crippen molar-refractivity contribution in [1.82, 2.24) is 9.80 Å². The molecule has 0 radical (unpaired) electrons. The van der Waals surface area contributed by atoms with Crippen molar-refractivity contribution in [3.63, 3.8) is 0 Å². The molecule has 1 aromatic rings. The summed E-state index contributed by atoms with van der Waals surface area (Å²) in [6, 6.07) is 3.72. The zero-order valence-corrected chi connectivity index (χ0v) is 15.2. The van der Waals surface area contributed by atoms with E-state index in [1.807, 2.05) is 24.8 Å². The molecule has 1 fully saturated rings. The number of hydrogen-bond donors (Lipinski definition) is 1. The molecule has 1 aromatic carbocycles. The fourth-order valence-electron chi connectivity index (χ4n) is 2.74. The SMILES string of the molecule is COc1cc(CN2CCN(CC(=O)O)CC2)c(Cl)cc1OC(C)C. The van der Waals surface area contributed by atoms with Crippen molar-refractivity contribution in [1.29, 1.82) is 0 Å². The fourth-order valence-corrected chi connectivity index (χ4v) is 2.96. The first kappa shape index (κ1) is 18.8. The predicted molar refractivity (Wildman–Crippen MR) is 93.1 cm³/mol. The summed E-state index contributed by atoms with van der Waals surface area (Å²) >= 11 is 6.41. The third-order valence-corrected chi connectivity index (χ3v) is 4.26. The van der Waals surface area contributed by atoms with Gasteiger partial charge in [-0.2, -0.15) is 0 Å². The second-order valence-electron chi connectivity index (χ2n) is 6.21. The minimum Gasteiger partial charge on any atom is -0.493 e. The van der Waals surface area contributed by atoms with Crippen LogP contribution in [-0.2, 0) is 11.3 Å². The quantitative estimate of drug-likeness (QED) is 0.809. The molecule has 24 heavy (non-hydrogen) atoms. The summed E-state index contributed by atoms with van der Waals surface area (Å²) in [6.07, 6.45) is 0.0446. The van der Waals surface area contributed by atoms with E-state index in [1.165, 1.54) is 0 Å². The standard InChI is InChI=1S/C17H25ClN2O4/c1-12(2)24-16-9-14(18)13(8-15(16)23-3)10-19-4-6-20(7-5-19)11-17(21)22/h8-9,12H,4-7,10-11H2,1-3H3,(H,21,22). The number of carboxylic acids is 1. The average molecular weight is 357 g/mol. The minimum atomic E-state index is -0.781. The molecule has 2 rings (SSSR count). The van der Waals surface area contributed by atoms with E-state index in [-0.39, 0.29) is 12.6 Å². The highest BCUT2D eigenvalue weighted by atomic mass is 35.5. The van der Waals surface area contributed by atoms with Gasteiger partial charge in [0.1, 0.15) is 0 Å². The van der Waals surface area contributed by atoms with Gasteiger partial charge in [-0.25, -0.2) is 0 Å². The summed E-state index contributed by atoms with van der Waals surface area (Å²) in [4.78, 5) is 15.0. The molecule has 0 spiro atoms. The number of nitrogens with zero attached hydrogens (tertiary/aromatic N) is 2. The predicted octanol–water partition coefficient (Wildman–Crippen LogP) is 2.34. The lowest BCUT2D eigenvalue weighted by Crippen LogP contribution is -2.47. The van der Waals surface area contributed by atoms with Gasteiger partial charge in [-0.3, -0.25) is 14.6 Å². The molecule has 1 aliphatic rings. The molecule has 6 nitrogen and oxygen atoms in total. The topological polar surface area (TPSA) is 62.2 Å². The number of halogens is 1. The molecule has 134 valence electrons. The highest BCUT2D eigenvalue weighted by molar-refractivity contribution is 6.31. The lowest BCUT2D eigenvalue weighted by Gasteiger charge is -2.34. The van der Waals surface area contributed by atoms with E-state index in [9.17, 15) is 4.79 Å². The Bertz CT molecular complexity index is 572. The van der Waals surface area contributed by atoms with Crippen LogP contribution in [0.2, 0.25) is 5.02 Å². The van der Waals surface area contributed by atoms with Crippen LogP contribution in [0.4, 0.5) is 0 Å². The van der Waals surface area contributed by atoms with Crippen LogP contribution >= 0.6 is 11.6 Å². The lowest BCUT2D eigenvalue weighted by molar-refractivity contribution is -0.138. The Morgan fingerprint density at radius 2 is 1.83 bits per heavy atom. The zero-order chi connectivity index (χ0) is 17.7. The van der Waals surface area contributed by atoms with Gasteiger partial charge >= 0.3 is 5.97 Å². The summed E-state index contributed by atoms with van der Waals surface area (Å²) in [5.41, 5.74) is 0.983. The van der Waals surface area contributed by atoms with Crippen molar-refractivity contribution in [3.05, 3.63) is 22.7 Å². The minimum absolute atomic E-state index is 0.0446. The molecule has 1 aliphatic heterocycles. The molecule has 0 atom stereocenters. The van der Waals surface area contributed by atoms with E-state index in [1.54, 1.807) is 13.2 Å². The molecule has 7 heteroatoms. The Kier molecular flexibility index (Phi) is 6.71. The Labute approximate surface area is 147 Å². The van der Waals surface area contributed by atoms with Gasteiger partial charge in [0.05, 0.1) is 19.8 Å². The van der Waals surface area contributed by atoms with Gasteiger partial charge in [0.2, 0.25) is 0 Å². The van der Waals surface area contributed by atoms with E-state index >= 15 is 0 Å². The van der Waals surface area contributed by atoms with Crippen molar-refractivity contribution in [2.24, 2.45) is 0 Å². The molecule has 0 aromatic heterocycles. The van der Waals surface area contributed by atoms with Crippen molar-refractivity contribution in [2.75, 3.05) is 39.8 Å². The lowest BCUT2D eigenvalue weighted by atomic mass is 10.1. The molecule has 0 aliphatic carbocycles. The highest BCUT2D eigenvalue weighted by Crippen LogP contribution is 2.34. The Morgan fingerprint density at radius 3 is 2.38 bits per heavy atom. The van der Waals surface area contributed by atoms with Crippen LogP contribution in [-0.4, -0.2) is 66.8 Å². The summed E-state index contributed by atoms with van der Waals surface area (Å²) in [7, 11) is 1.62. The summed E-state index contributed by atoms with van der Waals surface area (Å²) in [5, 5.41) is 9.50. The fraction of sp³-hybridized carbons (Fsp3) is 0.588. The number of carbonyl (C=O) groups is 1. The Hall–Kier alpha value is -1.50. The summed E-state index contributed by atoms with van der Waals surface area (Å²) < 4.78 is 11.1. The number of carboxylic acid groups (broad SMARTS) is 1. The summed E-state index contributed by atoms with van der Waals surface area (Å²) in [5.74, 6) is 0.539. The smallest absolute Gasteiger partial charge is 0.317 e. The highest BCUT2D eigenvalue weighted by Gasteiger charge is 2.20. The molecule has 1 saturated heterocycles. The van der Waals surface area contributed by atoms with Crippen molar-refractivity contribution >= 4 is 17.6 Å². The third kappa shape index (κ3) is 5.26. The van der Waals surface area contributed by atoms with Crippen molar-refractivity contribution < 1.29 is 19.4 Å². The second-order valence-corrected chi connectivity index (χ2v) is 6.61. The number of rotatable bonds is 7. The molecule has 0 saturated carbocycles. The molecule has 1 N–H and O–H groups in total. The van der Waals surface area contributed by atoms with Crippen LogP contribution in [0.15, 0.2) is 12.1 Å². The number of benzene rings is 1. The average Bonchev–Trinajstić information content (AvgIpc) is 2.50. The number of hydrogen-bond acceptors (Lipinski definition) is 5. The zero-order valence-electron chi connectivity index (χ0n) is 14.4. The van der Waals surface area contributed by atoms with Gasteiger partial charge in [0.15, 0.2) is 11.5 Å². The number of aliphatic carboxylic acids is 1. The molecular weight excluding hydrogens is 332 g/mol. The number of methoxy groups -OCH3 is 1. The largest absolute Gasteiger partial charge is 0.493 e. The van der Waals surface area contributed by atoms with E-state index in [4.69, 9.17) is 26.2 Å². The molecular formula is C17H25ClN2O4. The van der Waals surface area contributed by atoms with Crippen LogP contribution in [0.3, 0.4) is 0 Å². The molecule has 0 amide bonds. The Balaban J connectivity index is 2.01. The third-order valence-electron chi connectivity index (χ3n) is 3.91. The normalized spacial score (nSPS) is 16.4. The van der Waals surface area contributed by atoms with E-state index in [2.05, 4.69) is 4.90 Å². The van der Waals surface area contributed by atoms with Gasteiger partial charge in [0.25, 0.3) is 0 Å². The number of piperazine rings is 1. The van der Waals surface area contributed by atoms with E-state index in [0.717, 1.165) is 31.7 Å². The molecule has 0 unspecified atom stereocenters. The Morgan fingerprint density at radius 1 is 1.21 bits per heavy atom. The first-order valence-corrected chi connectivity index (χ1v) is 8.46. The molecule has 0 bridgehead atoms. The van der Waals surface area contributed by atoms with Gasteiger partial charge in [-0.1, -0.05) is 11.6 Å². The first-order chi connectivity index (χ1) is 11.4. The second kappa shape index (κ2) is 8.55. The maximum Gasteiger partial charge on any atom is 0.317 e. The van der Waals surface area contributed by atoms with Gasteiger partial charge in [-0.15, -0.1) is 0 Å². The monoisotopic (exact) mass is 356 g/mol. The van der Waals surface area contributed by atoms with Crippen molar-refractivity contribution in [3.8, 4) is 11.5 Å². The van der Waals surface area contributed by atoms with Crippen LogP contribution in [0, 0.1) is 0 Å². The van der Waals surface area contributed by atoms with E-state index in [0.29, 0.717) is 23.1 Å². The summed E-state index contributed by atoms with van der Waals surface area (Å²) in [6.45, 7) is 7.84.